The first kappa shape index (κ1) is 7.09. The molecule has 1 rings (SSSR count). The summed E-state index contributed by atoms with van der Waals surface area (Å²) >= 11 is 0. The Morgan fingerprint density at radius 1 is 1.56 bits per heavy atom. The van der Waals surface area contributed by atoms with E-state index < -0.39 is 0 Å². The Bertz CT molecular complexity index is 183. The molecule has 0 aliphatic carbocycles. The van der Waals surface area contributed by atoms with Gasteiger partial charge in [0.05, 0.1) is 11.2 Å². The normalized spacial score (nSPS) is 10.0. The Hall–Kier alpha value is -0.0200. The van der Waals surface area contributed by atoms with Crippen LogP contribution in [0.3, 0.4) is 0 Å². The molecule has 0 spiro atoms. The molecule has 0 unspecified atom stereocenters. The van der Waals surface area contributed by atoms with E-state index >= 15 is 0 Å². The molecule has 0 saturated carbocycles. The van der Waals surface area contributed by atoms with Gasteiger partial charge in [-0.3, -0.25) is 0 Å². The molecular weight excluding hydrogens is 152 g/mol. The molecule has 3 heteroatoms. The molecule has 50 valence electrons. The first-order valence-electron chi connectivity index (χ1n) is 2.59. The van der Waals surface area contributed by atoms with Crippen LogP contribution in [0.25, 0.3) is 0 Å². The quantitative estimate of drug-likeness (QED) is 0.617. The van der Waals surface area contributed by atoms with E-state index in [1.807, 2.05) is 13.0 Å². The average Bonchev–Trinajstić information content (AvgIpc) is 2.18. The van der Waals surface area contributed by atoms with E-state index in [0.29, 0.717) is 0 Å². The predicted molar refractivity (Wildman–Crippen MR) is 42.8 cm³/mol. The van der Waals surface area contributed by atoms with E-state index in [4.69, 9.17) is 4.42 Å². The van der Waals surface area contributed by atoms with E-state index in [2.05, 4.69) is 6.26 Å². The van der Waals surface area contributed by atoms with Gasteiger partial charge < -0.3 is 4.42 Å². The Morgan fingerprint density at radius 2 is 2.33 bits per heavy atom. The van der Waals surface area contributed by atoms with Crippen LogP contribution in [0, 0.1) is 6.92 Å². The van der Waals surface area contributed by atoms with Crippen molar-refractivity contribution in [3.05, 3.63) is 18.1 Å². The SMILES string of the molecule is CSSc1ccoc1C. The van der Waals surface area contributed by atoms with Crippen LogP contribution in [0.15, 0.2) is 21.6 Å². The lowest BCUT2D eigenvalue weighted by Crippen LogP contribution is -1.62. The molecule has 0 N–H and O–H groups in total. The second-order valence-corrected chi connectivity index (χ2v) is 4.03. The molecule has 1 aromatic rings. The monoisotopic (exact) mass is 160 g/mol. The largest absolute Gasteiger partial charge is 0.468 e. The molecule has 0 aliphatic heterocycles. The second-order valence-electron chi connectivity index (χ2n) is 1.59. The van der Waals surface area contributed by atoms with Crippen molar-refractivity contribution in [2.24, 2.45) is 0 Å². The van der Waals surface area contributed by atoms with Crippen molar-refractivity contribution in [1.82, 2.24) is 0 Å². The molecule has 9 heavy (non-hydrogen) atoms. The Balaban J connectivity index is 2.69. The van der Waals surface area contributed by atoms with Crippen LogP contribution in [0.5, 0.6) is 0 Å². The molecule has 1 heterocycles. The zero-order valence-corrected chi connectivity index (χ0v) is 7.01. The Morgan fingerprint density at radius 3 is 2.78 bits per heavy atom. The van der Waals surface area contributed by atoms with Gasteiger partial charge in [0.2, 0.25) is 0 Å². The van der Waals surface area contributed by atoms with Crippen LogP contribution in [0.4, 0.5) is 0 Å². The van der Waals surface area contributed by atoms with Gasteiger partial charge in [0, 0.05) is 0 Å². The zero-order valence-electron chi connectivity index (χ0n) is 5.38. The van der Waals surface area contributed by atoms with E-state index in [1.54, 1.807) is 27.9 Å². The fourth-order valence-electron chi connectivity index (χ4n) is 0.550. The van der Waals surface area contributed by atoms with Crippen LogP contribution in [-0.2, 0) is 0 Å². The minimum Gasteiger partial charge on any atom is -0.468 e. The third-order valence-corrected chi connectivity index (χ3v) is 2.79. The van der Waals surface area contributed by atoms with E-state index in [0.717, 1.165) is 5.76 Å². The van der Waals surface area contributed by atoms with E-state index in [-0.39, 0.29) is 0 Å². The minimum atomic E-state index is 1.01. The fourth-order valence-corrected chi connectivity index (χ4v) is 2.06. The Labute approximate surface area is 62.6 Å². The van der Waals surface area contributed by atoms with Crippen molar-refractivity contribution in [2.45, 2.75) is 11.8 Å². The smallest absolute Gasteiger partial charge is 0.115 e. The first-order chi connectivity index (χ1) is 4.34. The minimum absolute atomic E-state index is 1.01. The van der Waals surface area contributed by atoms with Crippen molar-refractivity contribution in [1.29, 1.82) is 0 Å². The highest BCUT2D eigenvalue weighted by atomic mass is 33.1. The van der Waals surface area contributed by atoms with Gasteiger partial charge in [0.15, 0.2) is 0 Å². The van der Waals surface area contributed by atoms with Gasteiger partial charge in [0.25, 0.3) is 0 Å². The summed E-state index contributed by atoms with van der Waals surface area (Å²) in [5.41, 5.74) is 0. The molecule has 1 aromatic heterocycles. The summed E-state index contributed by atoms with van der Waals surface area (Å²) in [7, 11) is 3.46. The zero-order chi connectivity index (χ0) is 6.69. The van der Waals surface area contributed by atoms with Gasteiger partial charge in [-0.05, 0) is 19.2 Å². The lowest BCUT2D eigenvalue weighted by Gasteiger charge is -1.90. The third-order valence-electron chi connectivity index (χ3n) is 0.984. The topological polar surface area (TPSA) is 13.1 Å². The third kappa shape index (κ3) is 1.69. The van der Waals surface area contributed by atoms with E-state index in [1.165, 1.54) is 4.90 Å². The number of furan rings is 1. The molecule has 0 saturated heterocycles. The number of aryl methyl sites for hydroxylation is 1. The maximum atomic E-state index is 5.08. The molecule has 0 atom stereocenters. The fraction of sp³-hybridized carbons (Fsp3) is 0.333. The standard InChI is InChI=1S/C6H8OS2/c1-5-6(9-8-2)3-4-7-5/h3-4H,1-2H3. The summed E-state index contributed by atoms with van der Waals surface area (Å²) in [6, 6.07) is 1.98. The van der Waals surface area contributed by atoms with Crippen molar-refractivity contribution >= 4 is 21.6 Å². The van der Waals surface area contributed by atoms with Gasteiger partial charge in [0.1, 0.15) is 5.76 Å². The molecule has 0 fully saturated rings. The van der Waals surface area contributed by atoms with Gasteiger partial charge in [-0.15, -0.1) is 0 Å². The summed E-state index contributed by atoms with van der Waals surface area (Å²) in [5.74, 6) is 1.01. The maximum absolute atomic E-state index is 5.08. The highest BCUT2D eigenvalue weighted by Gasteiger charge is 1.98. The van der Waals surface area contributed by atoms with Crippen molar-refractivity contribution in [2.75, 3.05) is 6.26 Å². The summed E-state index contributed by atoms with van der Waals surface area (Å²) in [4.78, 5) is 1.22. The summed E-state index contributed by atoms with van der Waals surface area (Å²) in [6.07, 6.45) is 3.77. The Kier molecular flexibility index (Phi) is 2.54. The maximum Gasteiger partial charge on any atom is 0.115 e. The number of rotatable bonds is 2. The van der Waals surface area contributed by atoms with Crippen LogP contribution < -0.4 is 0 Å². The summed E-state index contributed by atoms with van der Waals surface area (Å²) in [6.45, 7) is 1.97. The molecule has 0 bridgehead atoms. The molecule has 0 radical (unpaired) electrons. The molecule has 0 aliphatic rings. The van der Waals surface area contributed by atoms with Gasteiger partial charge in [-0.2, -0.15) is 0 Å². The second kappa shape index (κ2) is 3.22. The van der Waals surface area contributed by atoms with E-state index in [9.17, 15) is 0 Å². The summed E-state index contributed by atoms with van der Waals surface area (Å²) in [5, 5.41) is 0. The highest BCUT2D eigenvalue weighted by molar-refractivity contribution is 8.76. The van der Waals surface area contributed by atoms with Gasteiger partial charge in [-0.1, -0.05) is 21.6 Å². The van der Waals surface area contributed by atoms with Gasteiger partial charge in [-0.25, -0.2) is 0 Å². The summed E-state index contributed by atoms with van der Waals surface area (Å²) < 4.78 is 5.08. The van der Waals surface area contributed by atoms with Crippen molar-refractivity contribution < 1.29 is 4.42 Å². The number of hydrogen-bond acceptors (Lipinski definition) is 3. The van der Waals surface area contributed by atoms with Crippen LogP contribution in [0.1, 0.15) is 5.76 Å². The first-order valence-corrected chi connectivity index (χ1v) is 5.15. The van der Waals surface area contributed by atoms with Crippen LogP contribution >= 0.6 is 21.6 Å². The predicted octanol–water partition coefficient (Wildman–Crippen LogP) is 2.96. The highest BCUT2D eigenvalue weighted by Crippen LogP contribution is 2.31. The molecule has 0 amide bonds. The molecular formula is C6H8OS2. The van der Waals surface area contributed by atoms with Crippen molar-refractivity contribution in [3.8, 4) is 0 Å². The van der Waals surface area contributed by atoms with Crippen molar-refractivity contribution in [3.63, 3.8) is 0 Å². The lowest BCUT2D eigenvalue weighted by molar-refractivity contribution is 0.527. The average molecular weight is 160 g/mol. The van der Waals surface area contributed by atoms with Gasteiger partial charge >= 0.3 is 0 Å². The van der Waals surface area contributed by atoms with Crippen LogP contribution in [-0.4, -0.2) is 6.26 Å². The van der Waals surface area contributed by atoms with Crippen LogP contribution in [0.2, 0.25) is 0 Å². The molecule has 0 aromatic carbocycles. The molecule has 1 nitrogen and oxygen atoms in total. The lowest BCUT2D eigenvalue weighted by atomic mass is 10.5. The number of hydrogen-bond donors (Lipinski definition) is 0.